The van der Waals surface area contributed by atoms with Crippen LogP contribution in [0.2, 0.25) is 9.36 Å². The zero-order valence-corrected chi connectivity index (χ0v) is 19.3. The van der Waals surface area contributed by atoms with Crippen LogP contribution in [0, 0.1) is 0 Å². The van der Waals surface area contributed by atoms with Crippen LogP contribution in [0.5, 0.6) is 5.75 Å². The maximum atomic E-state index is 13.2. The lowest BCUT2D eigenvalue weighted by molar-refractivity contribution is -0.170. The van der Waals surface area contributed by atoms with Gasteiger partial charge in [0.15, 0.2) is 5.76 Å². The number of β-lactam (4-membered cyclic amide) rings is 1. The molecule has 32 heavy (non-hydrogen) atoms. The number of carbonyl (C=O) groups excluding carboxylic acids is 2. The van der Waals surface area contributed by atoms with E-state index < -0.39 is 6.10 Å². The summed E-state index contributed by atoms with van der Waals surface area (Å²) in [7, 11) is 0. The molecule has 0 radical (unpaired) electrons. The summed E-state index contributed by atoms with van der Waals surface area (Å²) >= 11 is 13.7. The fourth-order valence-corrected chi connectivity index (χ4v) is 5.73. The van der Waals surface area contributed by atoms with Gasteiger partial charge in [0.1, 0.15) is 11.8 Å². The molecule has 0 saturated carbocycles. The van der Waals surface area contributed by atoms with Gasteiger partial charge in [-0.1, -0.05) is 29.3 Å². The van der Waals surface area contributed by atoms with E-state index in [1.54, 1.807) is 41.3 Å². The van der Waals surface area contributed by atoms with Crippen molar-refractivity contribution in [2.24, 2.45) is 0 Å². The summed E-state index contributed by atoms with van der Waals surface area (Å²) in [5.41, 5.74) is 0. The number of halogens is 2. The summed E-state index contributed by atoms with van der Waals surface area (Å²) < 4.78 is 12.0. The number of ether oxygens (including phenoxy) is 1. The van der Waals surface area contributed by atoms with Crippen molar-refractivity contribution in [2.45, 2.75) is 31.0 Å². The van der Waals surface area contributed by atoms with E-state index in [0.29, 0.717) is 46.8 Å². The fourth-order valence-electron chi connectivity index (χ4n) is 4.37. The number of hydrogen-bond acceptors (Lipinski definition) is 5. The quantitative estimate of drug-likeness (QED) is 0.456. The Morgan fingerprint density at radius 1 is 1.09 bits per heavy atom. The molecular formula is C23H20Cl2N2O4S. The van der Waals surface area contributed by atoms with Crippen LogP contribution in [-0.2, 0) is 4.79 Å². The number of rotatable bonds is 5. The Morgan fingerprint density at radius 3 is 2.56 bits per heavy atom. The molecule has 2 aliphatic rings. The van der Waals surface area contributed by atoms with Gasteiger partial charge in [0.05, 0.1) is 10.6 Å². The molecule has 2 aromatic heterocycles. The predicted molar refractivity (Wildman–Crippen MR) is 122 cm³/mol. The van der Waals surface area contributed by atoms with Gasteiger partial charge in [0.2, 0.25) is 6.10 Å². The Kier molecular flexibility index (Phi) is 5.88. The maximum absolute atomic E-state index is 13.2. The van der Waals surface area contributed by atoms with Crippen molar-refractivity contribution < 1.29 is 18.7 Å². The standard InChI is InChI=1S/C23H20Cl2N2O4S/c24-14-3-1-4-16(13-14)31-21-20(18-6-7-19(25)32-18)27(23(21)29)15-8-10-26(11-9-15)22(28)17-5-2-12-30-17/h1-7,12-13,15,20-21H,8-11H2/t20-,21-/m0/s1. The van der Waals surface area contributed by atoms with Crippen LogP contribution in [0.1, 0.15) is 34.3 Å². The number of benzene rings is 1. The molecule has 2 saturated heterocycles. The molecule has 166 valence electrons. The molecule has 6 nitrogen and oxygen atoms in total. The molecule has 3 aromatic rings. The third kappa shape index (κ3) is 4.00. The molecule has 5 rings (SSSR count). The van der Waals surface area contributed by atoms with Crippen LogP contribution in [0.4, 0.5) is 0 Å². The van der Waals surface area contributed by atoms with Crippen molar-refractivity contribution in [2.75, 3.05) is 13.1 Å². The van der Waals surface area contributed by atoms with E-state index in [9.17, 15) is 9.59 Å². The van der Waals surface area contributed by atoms with E-state index in [0.717, 1.165) is 4.88 Å². The molecule has 9 heteroatoms. The Bertz CT molecular complexity index is 1120. The highest BCUT2D eigenvalue weighted by atomic mass is 35.5. The SMILES string of the molecule is O=C(c1ccco1)N1CCC(N2C(=O)[C@@H](Oc3cccc(Cl)c3)[C@@H]2c2ccc(Cl)s2)CC1. The molecule has 0 bridgehead atoms. The summed E-state index contributed by atoms with van der Waals surface area (Å²) in [5.74, 6) is 0.717. The highest BCUT2D eigenvalue weighted by Crippen LogP contribution is 2.44. The van der Waals surface area contributed by atoms with Gasteiger partial charge in [-0.2, -0.15) is 0 Å². The Morgan fingerprint density at radius 2 is 1.91 bits per heavy atom. The van der Waals surface area contributed by atoms with Gasteiger partial charge >= 0.3 is 0 Å². The highest BCUT2D eigenvalue weighted by molar-refractivity contribution is 7.16. The number of likely N-dealkylation sites (tertiary alicyclic amines) is 2. The van der Waals surface area contributed by atoms with Crippen molar-refractivity contribution in [3.8, 4) is 5.75 Å². The zero-order chi connectivity index (χ0) is 22.2. The summed E-state index contributed by atoms with van der Waals surface area (Å²) in [5, 5.41) is 0.551. The zero-order valence-electron chi connectivity index (χ0n) is 16.9. The first-order valence-corrected chi connectivity index (χ1v) is 11.9. The fraction of sp³-hybridized carbons (Fsp3) is 0.304. The summed E-state index contributed by atoms with van der Waals surface area (Å²) in [6.45, 7) is 1.12. The maximum Gasteiger partial charge on any atom is 0.289 e. The minimum absolute atomic E-state index is 0.0215. The molecule has 2 aliphatic heterocycles. The van der Waals surface area contributed by atoms with E-state index >= 15 is 0 Å². The van der Waals surface area contributed by atoms with E-state index in [-0.39, 0.29) is 23.9 Å². The Balaban J connectivity index is 1.32. The van der Waals surface area contributed by atoms with Crippen LogP contribution in [0.3, 0.4) is 0 Å². The van der Waals surface area contributed by atoms with E-state index in [2.05, 4.69) is 0 Å². The lowest BCUT2D eigenvalue weighted by atomic mass is 9.89. The summed E-state index contributed by atoms with van der Waals surface area (Å²) in [4.78, 5) is 30.4. The topological polar surface area (TPSA) is 63.0 Å². The van der Waals surface area contributed by atoms with Gasteiger partial charge in [-0.15, -0.1) is 11.3 Å². The summed E-state index contributed by atoms with van der Waals surface area (Å²) in [6, 6.07) is 14.0. The van der Waals surface area contributed by atoms with Gasteiger partial charge in [-0.3, -0.25) is 9.59 Å². The molecular weight excluding hydrogens is 471 g/mol. The van der Waals surface area contributed by atoms with Gasteiger partial charge < -0.3 is 19.0 Å². The number of furan rings is 1. The largest absolute Gasteiger partial charge is 0.478 e. The van der Waals surface area contributed by atoms with Crippen molar-refractivity contribution >= 4 is 46.4 Å². The molecule has 0 spiro atoms. The second-order valence-corrected chi connectivity index (χ2v) is 10.0. The number of thiophene rings is 1. The number of nitrogens with zero attached hydrogens (tertiary/aromatic N) is 2. The average Bonchev–Trinajstić information content (AvgIpc) is 3.47. The molecule has 0 N–H and O–H groups in total. The van der Waals surface area contributed by atoms with Crippen LogP contribution in [0.15, 0.2) is 59.2 Å². The van der Waals surface area contributed by atoms with Gasteiger partial charge in [-0.05, 0) is 55.3 Å². The van der Waals surface area contributed by atoms with E-state index in [1.807, 2.05) is 17.0 Å². The van der Waals surface area contributed by atoms with Gasteiger partial charge in [0, 0.05) is 29.0 Å². The van der Waals surface area contributed by atoms with Crippen molar-refractivity contribution in [1.82, 2.24) is 9.80 Å². The number of piperidine rings is 1. The predicted octanol–water partition coefficient (Wildman–Crippen LogP) is 5.28. The monoisotopic (exact) mass is 490 g/mol. The number of hydrogen-bond donors (Lipinski definition) is 0. The first-order chi connectivity index (χ1) is 15.5. The third-order valence-electron chi connectivity index (χ3n) is 5.91. The Hall–Kier alpha value is -2.48. The minimum atomic E-state index is -0.633. The molecule has 4 heterocycles. The lowest BCUT2D eigenvalue weighted by Crippen LogP contribution is -2.65. The smallest absolute Gasteiger partial charge is 0.289 e. The van der Waals surface area contributed by atoms with Crippen LogP contribution in [0.25, 0.3) is 0 Å². The average molecular weight is 491 g/mol. The first-order valence-electron chi connectivity index (χ1n) is 10.3. The van der Waals surface area contributed by atoms with Gasteiger partial charge in [0.25, 0.3) is 11.8 Å². The van der Waals surface area contributed by atoms with Crippen molar-refractivity contribution in [1.29, 1.82) is 0 Å². The molecule has 0 unspecified atom stereocenters. The van der Waals surface area contributed by atoms with Crippen molar-refractivity contribution in [3.63, 3.8) is 0 Å². The highest BCUT2D eigenvalue weighted by Gasteiger charge is 2.54. The molecule has 2 fully saturated rings. The number of carbonyl (C=O) groups is 2. The molecule has 2 atom stereocenters. The van der Waals surface area contributed by atoms with Crippen molar-refractivity contribution in [3.05, 3.63) is 74.8 Å². The van der Waals surface area contributed by atoms with Gasteiger partial charge in [-0.25, -0.2) is 0 Å². The van der Waals surface area contributed by atoms with Crippen LogP contribution >= 0.6 is 34.5 Å². The normalized spacial score (nSPS) is 21.5. The number of amides is 2. The van der Waals surface area contributed by atoms with Crippen LogP contribution < -0.4 is 4.74 Å². The lowest BCUT2D eigenvalue weighted by Gasteiger charge is -2.51. The minimum Gasteiger partial charge on any atom is -0.478 e. The second-order valence-electron chi connectivity index (χ2n) is 7.83. The summed E-state index contributed by atoms with van der Waals surface area (Å²) in [6.07, 6.45) is 2.25. The first kappa shape index (κ1) is 21.4. The molecule has 2 amide bonds. The van der Waals surface area contributed by atoms with E-state index in [1.165, 1.54) is 17.6 Å². The van der Waals surface area contributed by atoms with Crippen LogP contribution in [-0.4, -0.2) is 46.8 Å². The van der Waals surface area contributed by atoms with E-state index in [4.69, 9.17) is 32.4 Å². The Labute approximate surface area is 199 Å². The third-order valence-corrected chi connectivity index (χ3v) is 7.44. The second kappa shape index (κ2) is 8.81. The molecule has 1 aromatic carbocycles. The molecule has 0 aliphatic carbocycles.